The molecule has 1 fully saturated rings. The lowest BCUT2D eigenvalue weighted by atomic mass is 9.92. The number of piperidine rings is 1. The second-order valence-electron chi connectivity index (χ2n) is 7.53. The molecule has 3 heterocycles. The highest BCUT2D eigenvalue weighted by Crippen LogP contribution is 2.31. The van der Waals surface area contributed by atoms with Crippen molar-refractivity contribution < 1.29 is 4.74 Å². The molecule has 0 aliphatic carbocycles. The first-order valence-electron chi connectivity index (χ1n) is 9.84. The Kier molecular flexibility index (Phi) is 5.12. The van der Waals surface area contributed by atoms with Gasteiger partial charge in [0.1, 0.15) is 5.75 Å². The van der Waals surface area contributed by atoms with Gasteiger partial charge in [-0.3, -0.25) is 14.6 Å². The Morgan fingerprint density at radius 3 is 2.63 bits per heavy atom. The average molecular weight is 364 g/mol. The molecule has 1 saturated heterocycles. The number of hydrogen-bond donors (Lipinski definition) is 0. The van der Waals surface area contributed by atoms with Crippen LogP contribution in [0.1, 0.15) is 42.5 Å². The Hall–Kier alpha value is -2.40. The second kappa shape index (κ2) is 7.69. The molecule has 3 aromatic rings. The summed E-state index contributed by atoms with van der Waals surface area (Å²) in [6.45, 7) is 8.34. The number of aryl methyl sites for hydroxylation is 2. The number of aromatic nitrogens is 3. The summed E-state index contributed by atoms with van der Waals surface area (Å²) in [6, 6.07) is 6.54. The normalized spacial score (nSPS) is 16.1. The Bertz CT molecular complexity index is 925. The van der Waals surface area contributed by atoms with E-state index < -0.39 is 0 Å². The third kappa shape index (κ3) is 3.83. The van der Waals surface area contributed by atoms with Crippen molar-refractivity contribution in [1.29, 1.82) is 0 Å². The van der Waals surface area contributed by atoms with Crippen LogP contribution in [-0.4, -0.2) is 39.9 Å². The number of ether oxygens (including phenoxy) is 1. The predicted octanol–water partition coefficient (Wildman–Crippen LogP) is 4.15. The summed E-state index contributed by atoms with van der Waals surface area (Å²) < 4.78 is 7.48. The number of likely N-dealkylation sites (tertiary alicyclic amines) is 1. The van der Waals surface area contributed by atoms with E-state index in [0.717, 1.165) is 50.3 Å². The maximum absolute atomic E-state index is 5.48. The van der Waals surface area contributed by atoms with Gasteiger partial charge in [0.2, 0.25) is 0 Å². The Balaban J connectivity index is 1.43. The molecule has 2 aromatic heterocycles. The van der Waals surface area contributed by atoms with E-state index in [4.69, 9.17) is 9.72 Å². The lowest BCUT2D eigenvalue weighted by Gasteiger charge is -2.31. The van der Waals surface area contributed by atoms with Crippen LogP contribution in [0.3, 0.4) is 0 Å². The zero-order valence-electron chi connectivity index (χ0n) is 16.5. The smallest absolute Gasteiger partial charge is 0.122 e. The van der Waals surface area contributed by atoms with E-state index >= 15 is 0 Å². The summed E-state index contributed by atoms with van der Waals surface area (Å²) >= 11 is 0. The molecule has 0 N–H and O–H groups in total. The van der Waals surface area contributed by atoms with Crippen molar-refractivity contribution in [3.63, 3.8) is 0 Å². The number of pyridine rings is 1. The minimum absolute atomic E-state index is 0.538. The minimum atomic E-state index is 0.538. The molecule has 0 radical (unpaired) electrons. The molecule has 5 heteroatoms. The van der Waals surface area contributed by atoms with Crippen molar-refractivity contribution in [3.05, 3.63) is 53.6 Å². The molecule has 142 valence electrons. The van der Waals surface area contributed by atoms with Crippen LogP contribution in [0.2, 0.25) is 0 Å². The lowest BCUT2D eigenvalue weighted by molar-refractivity contribution is 0.203. The minimum Gasteiger partial charge on any atom is -0.496 e. The highest BCUT2D eigenvalue weighted by atomic mass is 16.5. The topological polar surface area (TPSA) is 43.2 Å². The summed E-state index contributed by atoms with van der Waals surface area (Å²) in [7, 11) is 1.73. The first-order valence-corrected chi connectivity index (χ1v) is 9.84. The highest BCUT2D eigenvalue weighted by Gasteiger charge is 2.22. The average Bonchev–Trinajstić information content (AvgIpc) is 3.15. The first kappa shape index (κ1) is 18.0. The standard InChI is InChI=1S/C22H28N4O/c1-4-26-15-17(12-24-26)14-25-7-5-18(6-8-25)21-10-19-11-22(27-3)16(2)9-20(19)13-23-21/h9-13,15,18H,4-8,14H2,1-3H3. The number of nitrogens with zero attached hydrogens (tertiary/aromatic N) is 4. The molecule has 1 aromatic carbocycles. The van der Waals surface area contributed by atoms with Crippen LogP contribution < -0.4 is 4.74 Å². The van der Waals surface area contributed by atoms with E-state index in [1.54, 1.807) is 7.11 Å². The van der Waals surface area contributed by atoms with Crippen molar-refractivity contribution in [2.24, 2.45) is 0 Å². The lowest BCUT2D eigenvalue weighted by Crippen LogP contribution is -2.32. The van der Waals surface area contributed by atoms with Crippen molar-refractivity contribution in [1.82, 2.24) is 19.7 Å². The van der Waals surface area contributed by atoms with E-state index in [-0.39, 0.29) is 0 Å². The maximum Gasteiger partial charge on any atom is 0.122 e. The molecule has 0 amide bonds. The zero-order valence-corrected chi connectivity index (χ0v) is 16.5. The van der Waals surface area contributed by atoms with E-state index in [1.165, 1.54) is 22.0 Å². The summed E-state index contributed by atoms with van der Waals surface area (Å²) in [5.41, 5.74) is 3.67. The molecular weight excluding hydrogens is 336 g/mol. The quantitative estimate of drug-likeness (QED) is 0.682. The van der Waals surface area contributed by atoms with Gasteiger partial charge < -0.3 is 4.74 Å². The van der Waals surface area contributed by atoms with Gasteiger partial charge in [-0.2, -0.15) is 5.10 Å². The second-order valence-corrected chi connectivity index (χ2v) is 7.53. The van der Waals surface area contributed by atoms with Crippen molar-refractivity contribution in [2.75, 3.05) is 20.2 Å². The van der Waals surface area contributed by atoms with E-state index in [1.807, 2.05) is 17.1 Å². The van der Waals surface area contributed by atoms with Crippen molar-refractivity contribution in [2.45, 2.75) is 45.7 Å². The fourth-order valence-corrected chi connectivity index (χ4v) is 4.05. The summed E-state index contributed by atoms with van der Waals surface area (Å²) in [5.74, 6) is 1.48. The first-order chi connectivity index (χ1) is 13.2. The van der Waals surface area contributed by atoms with E-state index in [0.29, 0.717) is 5.92 Å². The highest BCUT2D eigenvalue weighted by molar-refractivity contribution is 5.84. The molecule has 1 aliphatic heterocycles. The Morgan fingerprint density at radius 2 is 1.93 bits per heavy atom. The zero-order chi connectivity index (χ0) is 18.8. The number of methoxy groups -OCH3 is 1. The Morgan fingerprint density at radius 1 is 1.11 bits per heavy atom. The van der Waals surface area contributed by atoms with Gasteiger partial charge in [0.05, 0.1) is 13.3 Å². The largest absolute Gasteiger partial charge is 0.496 e. The van der Waals surface area contributed by atoms with Gasteiger partial charge in [-0.25, -0.2) is 0 Å². The molecule has 4 rings (SSSR count). The van der Waals surface area contributed by atoms with Crippen LogP contribution in [-0.2, 0) is 13.1 Å². The fourth-order valence-electron chi connectivity index (χ4n) is 4.05. The van der Waals surface area contributed by atoms with Crippen LogP contribution in [0, 0.1) is 6.92 Å². The molecule has 27 heavy (non-hydrogen) atoms. The molecule has 1 aliphatic rings. The van der Waals surface area contributed by atoms with Gasteiger partial charge in [-0.1, -0.05) is 0 Å². The number of fused-ring (bicyclic) bond motifs is 1. The monoisotopic (exact) mass is 364 g/mol. The van der Waals surface area contributed by atoms with Gasteiger partial charge in [0.15, 0.2) is 0 Å². The fraction of sp³-hybridized carbons (Fsp3) is 0.455. The van der Waals surface area contributed by atoms with Crippen LogP contribution >= 0.6 is 0 Å². The number of benzene rings is 1. The van der Waals surface area contributed by atoms with Gasteiger partial charge >= 0.3 is 0 Å². The molecule has 0 atom stereocenters. The van der Waals surface area contributed by atoms with Crippen molar-refractivity contribution >= 4 is 10.8 Å². The molecular formula is C22H28N4O. The summed E-state index contributed by atoms with van der Waals surface area (Å²) in [4.78, 5) is 7.31. The van der Waals surface area contributed by atoms with Crippen LogP contribution in [0.25, 0.3) is 10.8 Å². The molecule has 0 unspecified atom stereocenters. The van der Waals surface area contributed by atoms with Crippen LogP contribution in [0.15, 0.2) is 36.8 Å². The molecule has 0 bridgehead atoms. The predicted molar refractivity (Wildman–Crippen MR) is 108 cm³/mol. The molecule has 5 nitrogen and oxygen atoms in total. The van der Waals surface area contributed by atoms with Gasteiger partial charge in [0, 0.05) is 48.0 Å². The van der Waals surface area contributed by atoms with E-state index in [9.17, 15) is 0 Å². The summed E-state index contributed by atoms with van der Waals surface area (Å²) in [6.07, 6.45) is 8.48. The maximum atomic E-state index is 5.48. The summed E-state index contributed by atoms with van der Waals surface area (Å²) in [5, 5.41) is 6.78. The van der Waals surface area contributed by atoms with Crippen molar-refractivity contribution in [3.8, 4) is 5.75 Å². The van der Waals surface area contributed by atoms with Gasteiger partial charge in [-0.05, 0) is 68.9 Å². The number of hydrogen-bond acceptors (Lipinski definition) is 4. The van der Waals surface area contributed by atoms with Gasteiger partial charge in [-0.15, -0.1) is 0 Å². The van der Waals surface area contributed by atoms with E-state index in [2.05, 4.69) is 48.2 Å². The van der Waals surface area contributed by atoms with Crippen LogP contribution in [0.5, 0.6) is 5.75 Å². The SMILES string of the molecule is CCn1cc(CN2CCC(c3cc4cc(OC)c(C)cc4cn3)CC2)cn1. The third-order valence-electron chi connectivity index (χ3n) is 5.68. The Labute approximate surface area is 161 Å². The molecule has 0 spiro atoms. The number of rotatable bonds is 5. The van der Waals surface area contributed by atoms with Crippen LogP contribution in [0.4, 0.5) is 0 Å². The van der Waals surface area contributed by atoms with Gasteiger partial charge in [0.25, 0.3) is 0 Å². The third-order valence-corrected chi connectivity index (χ3v) is 5.68. The molecule has 0 saturated carbocycles.